The predicted octanol–water partition coefficient (Wildman–Crippen LogP) is 1.62. The number of carbonyl (C=O) groups excluding carboxylic acids is 2. The van der Waals surface area contributed by atoms with E-state index in [-0.39, 0.29) is 13.2 Å². The lowest BCUT2D eigenvalue weighted by atomic mass is 10.2. The van der Waals surface area contributed by atoms with Crippen molar-refractivity contribution in [2.75, 3.05) is 27.4 Å². The molecule has 0 rings (SSSR count). The molecule has 1 unspecified atom stereocenters. The number of rotatable bonds is 11. The van der Waals surface area contributed by atoms with Gasteiger partial charge in [0.1, 0.15) is 13.2 Å². The van der Waals surface area contributed by atoms with Crippen LogP contribution in [0, 0.1) is 0 Å². The number of carbonyl (C=O) groups is 2. The lowest BCUT2D eigenvalue weighted by Gasteiger charge is -2.19. The van der Waals surface area contributed by atoms with Crippen LogP contribution >= 0.6 is 7.82 Å². The van der Waals surface area contributed by atoms with Crippen molar-refractivity contribution in [1.82, 2.24) is 0 Å². The van der Waals surface area contributed by atoms with Crippen LogP contribution in [0.2, 0.25) is 0 Å². The van der Waals surface area contributed by atoms with Crippen molar-refractivity contribution < 1.29 is 37.2 Å². The monoisotopic (exact) mass is 322 g/mol. The second-order valence-corrected chi connectivity index (χ2v) is 5.34. The molecule has 8 nitrogen and oxygen atoms in total. The summed E-state index contributed by atoms with van der Waals surface area (Å²) in [4.78, 5) is 23.3. The molecule has 1 atom stereocenters. The third-order valence-electron chi connectivity index (χ3n) is 2.02. The van der Waals surface area contributed by atoms with Crippen LogP contribution in [0.4, 0.5) is 0 Å². The molecule has 0 aromatic rings. The molecular weight excluding hydrogens is 303 g/mol. The Labute approximate surface area is 123 Å². The Bertz CT molecular complexity index is 411. The summed E-state index contributed by atoms with van der Waals surface area (Å²) in [7, 11) is -1.81. The zero-order valence-electron chi connectivity index (χ0n) is 12.0. The van der Waals surface area contributed by atoms with Gasteiger partial charge in [-0.3, -0.25) is 18.4 Å². The smallest absolute Gasteiger partial charge is 0.461 e. The van der Waals surface area contributed by atoms with Gasteiger partial charge in [-0.15, -0.1) is 0 Å². The fourth-order valence-electron chi connectivity index (χ4n) is 1.08. The van der Waals surface area contributed by atoms with Gasteiger partial charge in [-0.1, -0.05) is 25.3 Å². The zero-order chi connectivity index (χ0) is 16.3. The number of phosphoric ester groups is 1. The number of esters is 2. The molecule has 0 radical (unpaired) electrons. The Balaban J connectivity index is 4.87. The van der Waals surface area contributed by atoms with E-state index in [2.05, 4.69) is 22.2 Å². The summed E-state index contributed by atoms with van der Waals surface area (Å²) in [5.41, 5.74) is 0. The molecule has 120 valence electrons. The van der Waals surface area contributed by atoms with Gasteiger partial charge in [0.2, 0.25) is 0 Å². The Morgan fingerprint density at radius 2 is 1.62 bits per heavy atom. The molecule has 0 aromatic carbocycles. The van der Waals surface area contributed by atoms with Gasteiger partial charge in [-0.05, 0) is 0 Å². The number of phosphoric acid groups is 1. The maximum absolute atomic E-state index is 11.9. The number of hydrogen-bond acceptors (Lipinski definition) is 8. The molecule has 0 spiro atoms. The normalized spacial score (nSPS) is 12.3. The first-order valence-electron chi connectivity index (χ1n) is 5.86. The van der Waals surface area contributed by atoms with Crippen LogP contribution in [0.3, 0.4) is 0 Å². The molecule has 0 bridgehead atoms. The summed E-state index contributed by atoms with van der Waals surface area (Å²) in [5, 5.41) is 0. The van der Waals surface area contributed by atoms with E-state index in [0.717, 1.165) is 14.2 Å². The molecule has 0 aliphatic heterocycles. The van der Waals surface area contributed by atoms with Gasteiger partial charge in [0.25, 0.3) is 0 Å². The highest BCUT2D eigenvalue weighted by Crippen LogP contribution is 2.49. The third kappa shape index (κ3) is 7.77. The third-order valence-corrected chi connectivity index (χ3v) is 3.43. The summed E-state index contributed by atoms with van der Waals surface area (Å²) in [6.07, 6.45) is 0.685. The fourth-order valence-corrected chi connectivity index (χ4v) is 1.87. The van der Waals surface area contributed by atoms with E-state index in [1.807, 2.05) is 0 Å². The minimum absolute atomic E-state index is 0.0283. The second kappa shape index (κ2) is 10.3. The minimum Gasteiger partial charge on any atom is -0.461 e. The SMILES string of the molecule is C=CCOC(=O)CC(OP(=O)(OC)OC)C(=O)OCC=C. The molecule has 21 heavy (non-hydrogen) atoms. The molecule has 0 aliphatic carbocycles. The fraction of sp³-hybridized carbons (Fsp3) is 0.500. The van der Waals surface area contributed by atoms with Crippen LogP contribution in [0.5, 0.6) is 0 Å². The molecular formula is C12H19O8P. The standard InChI is InChI=1S/C12H19O8P/c1-5-7-18-11(13)9-10(12(14)19-8-6-2)20-21(15,16-3)17-4/h5-6,10H,1-2,7-9H2,3-4H3. The van der Waals surface area contributed by atoms with Crippen LogP contribution in [0.1, 0.15) is 6.42 Å². The van der Waals surface area contributed by atoms with Crippen molar-refractivity contribution >= 4 is 19.8 Å². The molecule has 0 amide bonds. The summed E-state index contributed by atoms with van der Waals surface area (Å²) in [6.45, 7) is 6.63. The lowest BCUT2D eigenvalue weighted by molar-refractivity contribution is -0.158. The molecule has 0 heterocycles. The topological polar surface area (TPSA) is 97.4 Å². The van der Waals surface area contributed by atoms with Gasteiger partial charge < -0.3 is 9.47 Å². The van der Waals surface area contributed by atoms with Crippen LogP contribution in [0.15, 0.2) is 25.3 Å². The Morgan fingerprint density at radius 3 is 2.10 bits per heavy atom. The maximum Gasteiger partial charge on any atom is 0.475 e. The molecule has 9 heteroatoms. The molecule has 0 saturated heterocycles. The van der Waals surface area contributed by atoms with Gasteiger partial charge in [0, 0.05) is 14.2 Å². The van der Waals surface area contributed by atoms with E-state index in [0.29, 0.717) is 0 Å². The molecule has 0 aliphatic rings. The van der Waals surface area contributed by atoms with E-state index in [1.165, 1.54) is 12.2 Å². The largest absolute Gasteiger partial charge is 0.475 e. The first-order valence-corrected chi connectivity index (χ1v) is 7.32. The Morgan fingerprint density at radius 1 is 1.10 bits per heavy atom. The van der Waals surface area contributed by atoms with Crippen molar-refractivity contribution in [3.05, 3.63) is 25.3 Å². The van der Waals surface area contributed by atoms with Gasteiger partial charge in [0.05, 0.1) is 6.42 Å². The Hall–Kier alpha value is -1.47. The average Bonchev–Trinajstić information content (AvgIpc) is 2.49. The van der Waals surface area contributed by atoms with Crippen LogP contribution < -0.4 is 0 Å². The van der Waals surface area contributed by atoms with Crippen LogP contribution in [0.25, 0.3) is 0 Å². The Kier molecular flexibility index (Phi) is 9.56. The summed E-state index contributed by atoms with van der Waals surface area (Å²) in [6, 6.07) is 0. The minimum atomic E-state index is -3.96. The van der Waals surface area contributed by atoms with E-state index >= 15 is 0 Å². The first kappa shape index (κ1) is 19.5. The van der Waals surface area contributed by atoms with Gasteiger partial charge in [0.15, 0.2) is 6.10 Å². The van der Waals surface area contributed by atoms with Crippen molar-refractivity contribution in [2.24, 2.45) is 0 Å². The highest BCUT2D eigenvalue weighted by molar-refractivity contribution is 7.48. The van der Waals surface area contributed by atoms with E-state index in [1.54, 1.807) is 0 Å². The zero-order valence-corrected chi connectivity index (χ0v) is 12.9. The molecule has 0 aromatic heterocycles. The van der Waals surface area contributed by atoms with Crippen LogP contribution in [-0.2, 0) is 37.2 Å². The van der Waals surface area contributed by atoms with Gasteiger partial charge in [-0.2, -0.15) is 0 Å². The van der Waals surface area contributed by atoms with Crippen molar-refractivity contribution in [3.8, 4) is 0 Å². The second-order valence-electron chi connectivity index (χ2n) is 3.50. The van der Waals surface area contributed by atoms with Crippen LogP contribution in [-0.4, -0.2) is 45.5 Å². The van der Waals surface area contributed by atoms with Gasteiger partial charge >= 0.3 is 19.8 Å². The first-order chi connectivity index (χ1) is 9.92. The average molecular weight is 322 g/mol. The van der Waals surface area contributed by atoms with Crippen molar-refractivity contribution in [3.63, 3.8) is 0 Å². The molecule has 0 N–H and O–H groups in total. The lowest BCUT2D eigenvalue weighted by Crippen LogP contribution is -2.29. The summed E-state index contributed by atoms with van der Waals surface area (Å²) >= 11 is 0. The highest BCUT2D eigenvalue weighted by atomic mass is 31.2. The van der Waals surface area contributed by atoms with E-state index < -0.39 is 32.3 Å². The summed E-state index contributed by atoms with van der Waals surface area (Å²) in [5.74, 6) is -1.67. The van der Waals surface area contributed by atoms with Gasteiger partial charge in [-0.25, -0.2) is 9.36 Å². The maximum atomic E-state index is 11.9. The number of hydrogen-bond donors (Lipinski definition) is 0. The quantitative estimate of drug-likeness (QED) is 0.321. The van der Waals surface area contributed by atoms with Crippen molar-refractivity contribution in [1.29, 1.82) is 0 Å². The molecule has 0 saturated carbocycles. The van der Waals surface area contributed by atoms with E-state index in [9.17, 15) is 14.2 Å². The summed E-state index contributed by atoms with van der Waals surface area (Å²) < 4.78 is 35.4. The van der Waals surface area contributed by atoms with E-state index in [4.69, 9.17) is 14.0 Å². The highest BCUT2D eigenvalue weighted by Gasteiger charge is 2.35. The predicted molar refractivity (Wildman–Crippen MR) is 73.4 cm³/mol. The molecule has 0 fully saturated rings. The number of ether oxygens (including phenoxy) is 2. The van der Waals surface area contributed by atoms with Crippen molar-refractivity contribution in [2.45, 2.75) is 12.5 Å².